The zero-order valence-electron chi connectivity index (χ0n) is 15.9. The zero-order valence-corrected chi connectivity index (χ0v) is 15.9. The number of rotatable bonds is 7. The van der Waals surface area contributed by atoms with Crippen LogP contribution in [0.1, 0.15) is 46.0 Å². The second-order valence-electron chi connectivity index (χ2n) is 7.64. The molecule has 3 aromatic rings. The van der Waals surface area contributed by atoms with Crippen molar-refractivity contribution < 1.29 is 9.47 Å². The molecule has 2 unspecified atom stereocenters. The van der Waals surface area contributed by atoms with E-state index in [1.165, 1.54) is 47.5 Å². The van der Waals surface area contributed by atoms with E-state index >= 15 is 0 Å². The third-order valence-electron chi connectivity index (χ3n) is 5.54. The lowest BCUT2D eigenvalue weighted by molar-refractivity contribution is -0.160. The molecular weight excluding hydrogens is 322 g/mol. The van der Waals surface area contributed by atoms with Gasteiger partial charge in [-0.25, -0.2) is 0 Å². The van der Waals surface area contributed by atoms with Crippen molar-refractivity contribution in [2.24, 2.45) is 0 Å². The maximum atomic E-state index is 6.36. The second kappa shape index (κ2) is 7.42. The number of benzene rings is 2. The van der Waals surface area contributed by atoms with Gasteiger partial charge in [0.05, 0.1) is 13.2 Å². The van der Waals surface area contributed by atoms with Crippen molar-refractivity contribution in [1.82, 2.24) is 4.57 Å². The van der Waals surface area contributed by atoms with E-state index in [2.05, 4.69) is 66.9 Å². The van der Waals surface area contributed by atoms with Crippen LogP contribution in [0.25, 0.3) is 21.8 Å². The van der Waals surface area contributed by atoms with E-state index < -0.39 is 5.79 Å². The van der Waals surface area contributed by atoms with Crippen LogP contribution in [0.15, 0.2) is 48.5 Å². The summed E-state index contributed by atoms with van der Waals surface area (Å²) in [6.45, 7) is 5.85. The Labute approximate surface area is 155 Å². The van der Waals surface area contributed by atoms with Gasteiger partial charge in [-0.2, -0.15) is 0 Å². The fraction of sp³-hybridized carbons (Fsp3) is 0.478. The average Bonchev–Trinajstić information content (AvgIpc) is 3.19. The van der Waals surface area contributed by atoms with Crippen molar-refractivity contribution >= 4 is 21.8 Å². The van der Waals surface area contributed by atoms with Gasteiger partial charge in [-0.3, -0.25) is 0 Å². The molecular formula is C23H29NO2. The number of nitrogens with zero attached hydrogens (tertiary/aromatic N) is 1. The third kappa shape index (κ3) is 3.38. The molecule has 2 aromatic carbocycles. The Balaban J connectivity index is 1.53. The third-order valence-corrected chi connectivity index (χ3v) is 5.54. The van der Waals surface area contributed by atoms with Crippen LogP contribution in [0.3, 0.4) is 0 Å². The molecule has 1 aromatic heterocycles. The topological polar surface area (TPSA) is 23.4 Å². The summed E-state index contributed by atoms with van der Waals surface area (Å²) in [4.78, 5) is 0. The lowest BCUT2D eigenvalue weighted by atomic mass is 10.1. The molecule has 0 saturated carbocycles. The highest BCUT2D eigenvalue weighted by Gasteiger charge is 2.37. The van der Waals surface area contributed by atoms with Crippen LogP contribution in [0.5, 0.6) is 0 Å². The fourth-order valence-corrected chi connectivity index (χ4v) is 4.19. The first-order chi connectivity index (χ1) is 12.7. The lowest BCUT2D eigenvalue weighted by Crippen LogP contribution is -2.27. The molecule has 0 radical (unpaired) electrons. The predicted octanol–water partition coefficient (Wildman–Crippen LogP) is 5.90. The van der Waals surface area contributed by atoms with Crippen molar-refractivity contribution in [2.75, 3.05) is 6.61 Å². The van der Waals surface area contributed by atoms with E-state index in [0.717, 1.165) is 13.0 Å². The molecule has 0 amide bonds. The summed E-state index contributed by atoms with van der Waals surface area (Å²) >= 11 is 0. The number of ether oxygens (including phenoxy) is 2. The number of fused-ring (bicyclic) bond motifs is 3. The van der Waals surface area contributed by atoms with E-state index in [1.54, 1.807) is 0 Å². The molecule has 1 aliphatic rings. The van der Waals surface area contributed by atoms with Crippen LogP contribution >= 0.6 is 0 Å². The van der Waals surface area contributed by atoms with Gasteiger partial charge in [0.1, 0.15) is 6.10 Å². The Morgan fingerprint density at radius 1 is 0.962 bits per heavy atom. The Bertz CT molecular complexity index is 831. The van der Waals surface area contributed by atoms with Crippen molar-refractivity contribution in [3.8, 4) is 0 Å². The summed E-state index contributed by atoms with van der Waals surface area (Å²) in [7, 11) is 0. The summed E-state index contributed by atoms with van der Waals surface area (Å²) in [5, 5.41) is 2.62. The van der Waals surface area contributed by atoms with Crippen molar-refractivity contribution in [3.63, 3.8) is 0 Å². The van der Waals surface area contributed by atoms with Gasteiger partial charge >= 0.3 is 0 Å². The van der Waals surface area contributed by atoms with Crippen LogP contribution < -0.4 is 0 Å². The van der Waals surface area contributed by atoms with E-state index in [4.69, 9.17) is 9.47 Å². The first kappa shape index (κ1) is 17.6. The van der Waals surface area contributed by atoms with Crippen LogP contribution in [-0.4, -0.2) is 23.1 Å². The van der Waals surface area contributed by atoms with Gasteiger partial charge in [-0.05, 0) is 25.5 Å². The van der Waals surface area contributed by atoms with Crippen LogP contribution in [-0.2, 0) is 16.0 Å². The molecule has 4 rings (SSSR count). The Morgan fingerprint density at radius 2 is 1.62 bits per heavy atom. The number of unbranched alkanes of at least 4 members (excludes halogenated alkanes) is 3. The van der Waals surface area contributed by atoms with Gasteiger partial charge in [-0.15, -0.1) is 0 Å². The number of hydrogen-bond acceptors (Lipinski definition) is 2. The van der Waals surface area contributed by atoms with Crippen LogP contribution in [0.2, 0.25) is 0 Å². The minimum atomic E-state index is -0.419. The van der Waals surface area contributed by atoms with Crippen molar-refractivity contribution in [2.45, 2.75) is 64.4 Å². The highest BCUT2D eigenvalue weighted by Crippen LogP contribution is 2.33. The van der Waals surface area contributed by atoms with Gasteiger partial charge < -0.3 is 14.0 Å². The maximum absolute atomic E-state index is 6.36. The molecule has 0 spiro atoms. The van der Waals surface area contributed by atoms with E-state index in [9.17, 15) is 0 Å². The molecule has 1 fully saturated rings. The summed E-state index contributed by atoms with van der Waals surface area (Å²) in [5.41, 5.74) is 2.54. The maximum Gasteiger partial charge on any atom is 0.166 e. The molecule has 2 heterocycles. The lowest BCUT2D eigenvalue weighted by Gasteiger charge is -2.23. The first-order valence-corrected chi connectivity index (χ1v) is 9.98. The predicted molar refractivity (Wildman–Crippen MR) is 107 cm³/mol. The molecule has 3 heteroatoms. The van der Waals surface area contributed by atoms with Gasteiger partial charge in [0, 0.05) is 28.2 Å². The molecule has 0 N–H and O–H groups in total. The van der Waals surface area contributed by atoms with Crippen LogP contribution in [0, 0.1) is 0 Å². The number of aromatic nitrogens is 1. The fourth-order valence-electron chi connectivity index (χ4n) is 4.19. The largest absolute Gasteiger partial charge is 0.347 e. The second-order valence-corrected chi connectivity index (χ2v) is 7.64. The Morgan fingerprint density at radius 3 is 2.27 bits per heavy atom. The zero-order chi connectivity index (χ0) is 18.0. The van der Waals surface area contributed by atoms with Gasteiger partial charge in [0.2, 0.25) is 0 Å². The van der Waals surface area contributed by atoms with Crippen molar-refractivity contribution in [3.05, 3.63) is 48.5 Å². The normalized spacial score (nSPS) is 23.2. The van der Waals surface area contributed by atoms with Gasteiger partial charge in [0.25, 0.3) is 0 Å². The quantitative estimate of drug-likeness (QED) is 0.495. The number of hydrogen-bond donors (Lipinski definition) is 0. The number of para-hydroxylation sites is 2. The summed E-state index contributed by atoms with van der Waals surface area (Å²) < 4.78 is 14.8. The summed E-state index contributed by atoms with van der Waals surface area (Å²) in [6, 6.07) is 17.3. The van der Waals surface area contributed by atoms with E-state index in [0.29, 0.717) is 6.61 Å². The highest BCUT2D eigenvalue weighted by atomic mass is 16.7. The average molecular weight is 351 g/mol. The molecule has 2 atom stereocenters. The minimum absolute atomic E-state index is 0.102. The molecule has 26 heavy (non-hydrogen) atoms. The van der Waals surface area contributed by atoms with Gasteiger partial charge in [0.15, 0.2) is 5.79 Å². The first-order valence-electron chi connectivity index (χ1n) is 9.98. The molecule has 1 saturated heterocycles. The molecule has 1 aliphatic heterocycles. The minimum Gasteiger partial charge on any atom is -0.347 e. The molecule has 0 bridgehead atoms. The SMILES string of the molecule is CCCCCCC1(C)OCC(Cn2c3ccccc3c3ccccc32)O1. The smallest absolute Gasteiger partial charge is 0.166 e. The Hall–Kier alpha value is -1.84. The molecule has 0 aliphatic carbocycles. The Kier molecular flexibility index (Phi) is 5.01. The van der Waals surface area contributed by atoms with Gasteiger partial charge in [-0.1, -0.05) is 62.6 Å². The summed E-state index contributed by atoms with van der Waals surface area (Å²) in [5.74, 6) is -0.419. The van der Waals surface area contributed by atoms with Crippen molar-refractivity contribution in [1.29, 1.82) is 0 Å². The molecule has 3 nitrogen and oxygen atoms in total. The molecule has 138 valence electrons. The monoisotopic (exact) mass is 351 g/mol. The van der Waals surface area contributed by atoms with Crippen LogP contribution in [0.4, 0.5) is 0 Å². The summed E-state index contributed by atoms with van der Waals surface area (Å²) in [6.07, 6.45) is 6.07. The highest BCUT2D eigenvalue weighted by molar-refractivity contribution is 6.07. The van der Waals surface area contributed by atoms with E-state index in [-0.39, 0.29) is 6.10 Å². The standard InChI is InChI=1S/C23H29NO2/c1-3-4-5-10-15-23(2)25-17-18(26-23)16-24-21-13-8-6-11-19(21)20-12-7-9-14-22(20)24/h6-9,11-14,18H,3-5,10,15-17H2,1-2H3. The van der Waals surface area contributed by atoms with E-state index in [1.807, 2.05) is 0 Å².